The van der Waals surface area contributed by atoms with E-state index in [9.17, 15) is 18.0 Å². The first-order valence-electron chi connectivity index (χ1n) is 8.28. The maximum atomic E-state index is 12.3. The van der Waals surface area contributed by atoms with Crippen LogP contribution in [0.25, 0.3) is 0 Å². The first-order chi connectivity index (χ1) is 13.0. The first kappa shape index (κ1) is 21.4. The Hall–Kier alpha value is -2.91. The number of anilines is 1. The number of rotatable bonds is 6. The molecule has 3 N–H and O–H groups in total. The van der Waals surface area contributed by atoms with E-state index in [2.05, 4.69) is 5.32 Å². The zero-order valence-electron chi connectivity index (χ0n) is 16.0. The number of benzene rings is 2. The number of amides is 1. The fourth-order valence-electron chi connectivity index (χ4n) is 2.56. The van der Waals surface area contributed by atoms with Crippen LogP contribution in [0.5, 0.6) is 5.75 Å². The lowest BCUT2D eigenvalue weighted by molar-refractivity contribution is -0.119. The van der Waals surface area contributed by atoms with Crippen LogP contribution in [-0.4, -0.2) is 34.0 Å². The summed E-state index contributed by atoms with van der Waals surface area (Å²) in [4.78, 5) is 24.2. The van der Waals surface area contributed by atoms with Crippen molar-refractivity contribution in [2.45, 2.75) is 25.7 Å². The molecule has 9 heteroatoms. The molecule has 0 bridgehead atoms. The van der Waals surface area contributed by atoms with E-state index in [1.54, 1.807) is 26.0 Å². The minimum atomic E-state index is -4.00. The van der Waals surface area contributed by atoms with Crippen LogP contribution < -0.4 is 15.2 Å². The second-order valence-electron chi connectivity index (χ2n) is 6.29. The van der Waals surface area contributed by atoms with Crippen LogP contribution >= 0.6 is 0 Å². The number of aryl methyl sites for hydroxylation is 2. The van der Waals surface area contributed by atoms with Crippen molar-refractivity contribution in [1.29, 1.82) is 0 Å². The fraction of sp³-hybridized carbons (Fsp3) is 0.263. The van der Waals surface area contributed by atoms with Gasteiger partial charge in [-0.3, -0.25) is 4.79 Å². The standard InChI is InChI=1S/C19H22N2O6S/c1-11-5-6-16(26-4)15(7-11)21-18(22)10-27-19(23)14-8-12(2)13(3)17(9-14)28(20,24)25/h5-9H,10H2,1-4H3,(H,21,22)(H2,20,24,25). The number of nitrogens with one attached hydrogen (secondary N) is 1. The Kier molecular flexibility index (Phi) is 6.42. The predicted molar refractivity (Wildman–Crippen MR) is 104 cm³/mol. The molecule has 150 valence electrons. The predicted octanol–water partition coefficient (Wildman–Crippen LogP) is 2.06. The van der Waals surface area contributed by atoms with Crippen molar-refractivity contribution in [3.8, 4) is 5.75 Å². The smallest absolute Gasteiger partial charge is 0.338 e. The SMILES string of the molecule is COc1ccc(C)cc1NC(=O)COC(=O)c1cc(C)c(C)c(S(N)(=O)=O)c1. The van der Waals surface area contributed by atoms with Crippen molar-refractivity contribution in [3.63, 3.8) is 0 Å². The summed E-state index contributed by atoms with van der Waals surface area (Å²) < 4.78 is 33.6. The van der Waals surface area contributed by atoms with Crippen molar-refractivity contribution in [1.82, 2.24) is 0 Å². The molecule has 1 amide bonds. The Labute approximate surface area is 163 Å². The number of hydrogen-bond donors (Lipinski definition) is 2. The lowest BCUT2D eigenvalue weighted by atomic mass is 10.1. The molecule has 0 saturated heterocycles. The number of ether oxygens (including phenoxy) is 2. The third-order valence-corrected chi connectivity index (χ3v) is 5.16. The van der Waals surface area contributed by atoms with Gasteiger partial charge in [0.05, 0.1) is 23.3 Å². The summed E-state index contributed by atoms with van der Waals surface area (Å²) in [5.41, 5.74) is 2.37. The van der Waals surface area contributed by atoms with Crippen molar-refractivity contribution < 1.29 is 27.5 Å². The molecular weight excluding hydrogens is 384 g/mol. The molecule has 2 aromatic rings. The number of carbonyl (C=O) groups is 2. The molecule has 0 spiro atoms. The molecule has 0 radical (unpaired) electrons. The van der Waals surface area contributed by atoms with Crippen molar-refractivity contribution >= 4 is 27.6 Å². The highest BCUT2D eigenvalue weighted by Crippen LogP contribution is 2.25. The average Bonchev–Trinajstić information content (AvgIpc) is 2.61. The van der Waals surface area contributed by atoms with Gasteiger partial charge in [0.1, 0.15) is 5.75 Å². The summed E-state index contributed by atoms with van der Waals surface area (Å²) in [5, 5.41) is 7.80. The number of esters is 1. The summed E-state index contributed by atoms with van der Waals surface area (Å²) in [7, 11) is -2.52. The number of hydrogen-bond acceptors (Lipinski definition) is 6. The van der Waals surface area contributed by atoms with E-state index in [0.29, 0.717) is 22.6 Å². The average molecular weight is 406 g/mol. The van der Waals surface area contributed by atoms with Gasteiger partial charge in [-0.15, -0.1) is 0 Å². The summed E-state index contributed by atoms with van der Waals surface area (Å²) in [6, 6.07) is 7.88. The number of nitrogens with two attached hydrogens (primary N) is 1. The number of carbonyl (C=O) groups excluding carboxylic acids is 2. The maximum Gasteiger partial charge on any atom is 0.338 e. The van der Waals surface area contributed by atoms with Gasteiger partial charge < -0.3 is 14.8 Å². The molecule has 0 saturated carbocycles. The fourth-order valence-corrected chi connectivity index (χ4v) is 3.44. The van der Waals surface area contributed by atoms with Gasteiger partial charge >= 0.3 is 5.97 Å². The van der Waals surface area contributed by atoms with E-state index in [0.717, 1.165) is 11.6 Å². The molecule has 8 nitrogen and oxygen atoms in total. The van der Waals surface area contributed by atoms with Gasteiger partial charge in [0, 0.05) is 0 Å². The minimum absolute atomic E-state index is 0.00642. The normalized spacial score (nSPS) is 11.0. The largest absolute Gasteiger partial charge is 0.495 e. The molecule has 0 aliphatic rings. The molecule has 0 fully saturated rings. The van der Waals surface area contributed by atoms with Crippen LogP contribution in [0.4, 0.5) is 5.69 Å². The summed E-state index contributed by atoms with van der Waals surface area (Å²) in [6.45, 7) is 4.55. The van der Waals surface area contributed by atoms with E-state index in [1.807, 2.05) is 13.0 Å². The molecule has 2 rings (SSSR count). The van der Waals surface area contributed by atoms with E-state index in [-0.39, 0.29) is 10.5 Å². The van der Waals surface area contributed by atoms with Gasteiger partial charge in [-0.25, -0.2) is 18.4 Å². The van der Waals surface area contributed by atoms with Crippen LogP contribution in [0, 0.1) is 20.8 Å². The molecule has 0 aliphatic carbocycles. The van der Waals surface area contributed by atoms with Crippen LogP contribution in [0.1, 0.15) is 27.0 Å². The van der Waals surface area contributed by atoms with E-state index < -0.39 is 28.5 Å². The van der Waals surface area contributed by atoms with Crippen LogP contribution in [0.3, 0.4) is 0 Å². The molecular formula is C19H22N2O6S. The lowest BCUT2D eigenvalue weighted by Crippen LogP contribution is -2.22. The second kappa shape index (κ2) is 8.41. The Balaban J connectivity index is 2.11. The quantitative estimate of drug-likeness (QED) is 0.708. The molecule has 0 aliphatic heterocycles. The third kappa shape index (κ3) is 5.08. The Morgan fingerprint density at radius 2 is 1.79 bits per heavy atom. The highest BCUT2D eigenvalue weighted by atomic mass is 32.2. The van der Waals surface area contributed by atoms with Crippen molar-refractivity contribution in [2.75, 3.05) is 19.0 Å². The van der Waals surface area contributed by atoms with Crippen molar-refractivity contribution in [2.24, 2.45) is 5.14 Å². The summed E-state index contributed by atoms with van der Waals surface area (Å²) in [6.07, 6.45) is 0. The Bertz CT molecular complexity index is 1030. The first-order valence-corrected chi connectivity index (χ1v) is 9.83. The molecule has 2 aromatic carbocycles. The van der Waals surface area contributed by atoms with E-state index in [1.165, 1.54) is 13.2 Å². The third-order valence-electron chi connectivity index (χ3n) is 4.13. The number of sulfonamides is 1. The van der Waals surface area contributed by atoms with Gasteiger partial charge in [-0.2, -0.15) is 0 Å². The maximum absolute atomic E-state index is 12.3. The van der Waals surface area contributed by atoms with Gasteiger partial charge in [-0.05, 0) is 61.7 Å². The molecule has 0 aromatic heterocycles. The second-order valence-corrected chi connectivity index (χ2v) is 7.82. The summed E-state index contributed by atoms with van der Waals surface area (Å²) >= 11 is 0. The van der Waals surface area contributed by atoms with Gasteiger partial charge in [0.15, 0.2) is 6.61 Å². The zero-order valence-corrected chi connectivity index (χ0v) is 16.8. The molecule has 0 heterocycles. The summed E-state index contributed by atoms with van der Waals surface area (Å²) in [5.74, 6) is -0.927. The monoisotopic (exact) mass is 406 g/mol. The topological polar surface area (TPSA) is 125 Å². The minimum Gasteiger partial charge on any atom is -0.495 e. The Morgan fingerprint density at radius 3 is 2.39 bits per heavy atom. The highest BCUT2D eigenvalue weighted by Gasteiger charge is 2.19. The van der Waals surface area contributed by atoms with E-state index >= 15 is 0 Å². The van der Waals surface area contributed by atoms with Gasteiger partial charge in [-0.1, -0.05) is 6.07 Å². The van der Waals surface area contributed by atoms with Gasteiger partial charge in [0.25, 0.3) is 5.91 Å². The molecule has 28 heavy (non-hydrogen) atoms. The van der Waals surface area contributed by atoms with Gasteiger partial charge in [0.2, 0.25) is 10.0 Å². The molecule has 0 unspecified atom stereocenters. The van der Waals surface area contributed by atoms with Crippen LogP contribution in [-0.2, 0) is 19.6 Å². The highest BCUT2D eigenvalue weighted by molar-refractivity contribution is 7.89. The molecule has 0 atom stereocenters. The van der Waals surface area contributed by atoms with Crippen LogP contribution in [0.15, 0.2) is 35.2 Å². The Morgan fingerprint density at radius 1 is 1.11 bits per heavy atom. The zero-order chi connectivity index (χ0) is 21.1. The van der Waals surface area contributed by atoms with Crippen LogP contribution in [0.2, 0.25) is 0 Å². The number of primary sulfonamides is 1. The lowest BCUT2D eigenvalue weighted by Gasteiger charge is -2.12. The van der Waals surface area contributed by atoms with Crippen molar-refractivity contribution in [3.05, 3.63) is 52.6 Å². The number of methoxy groups -OCH3 is 1. The van der Waals surface area contributed by atoms with E-state index in [4.69, 9.17) is 14.6 Å².